The molecule has 0 aliphatic rings. The average Bonchev–Trinajstić information content (AvgIpc) is 3.01. The first-order valence-corrected chi connectivity index (χ1v) is 6.87. The number of hydrogen-bond acceptors (Lipinski definition) is 4. The second kappa shape index (κ2) is 7.83. The number of nitrogens with one attached hydrogen (secondary N) is 1. The Kier molecular flexibility index (Phi) is 5.54. The summed E-state index contributed by atoms with van der Waals surface area (Å²) in [5.41, 5.74) is 4.69. The molecule has 22 heavy (non-hydrogen) atoms. The SMILES string of the molecule is Cc1ccc(OCC(=O)NN=C/C=C/c2ccco2)cc1C. The molecule has 1 N–H and O–H groups in total. The zero-order chi connectivity index (χ0) is 15.8. The van der Waals surface area contributed by atoms with E-state index in [0.717, 1.165) is 11.3 Å². The van der Waals surface area contributed by atoms with E-state index in [0.29, 0.717) is 5.75 Å². The van der Waals surface area contributed by atoms with Crippen LogP contribution in [-0.2, 0) is 4.79 Å². The largest absolute Gasteiger partial charge is 0.484 e. The fourth-order valence-corrected chi connectivity index (χ4v) is 1.66. The Labute approximate surface area is 129 Å². The standard InChI is InChI=1S/C17H18N2O3/c1-13-7-8-16(11-14(13)2)22-12-17(20)19-18-9-3-5-15-6-4-10-21-15/h3-11H,12H2,1-2H3,(H,19,20)/b5-3+,18-9?. The van der Waals surface area contributed by atoms with Crippen LogP contribution in [0.1, 0.15) is 16.9 Å². The number of ether oxygens (including phenoxy) is 1. The minimum Gasteiger partial charge on any atom is -0.484 e. The minimum absolute atomic E-state index is 0.0816. The molecule has 0 atom stereocenters. The number of carbonyl (C=O) groups excluding carboxylic acids is 1. The van der Waals surface area contributed by atoms with Gasteiger partial charge in [0.1, 0.15) is 11.5 Å². The minimum atomic E-state index is -0.319. The summed E-state index contributed by atoms with van der Waals surface area (Å²) < 4.78 is 10.5. The van der Waals surface area contributed by atoms with E-state index < -0.39 is 0 Å². The molecule has 1 aromatic carbocycles. The Hall–Kier alpha value is -2.82. The van der Waals surface area contributed by atoms with Gasteiger partial charge in [-0.25, -0.2) is 5.43 Å². The van der Waals surface area contributed by atoms with Gasteiger partial charge in [-0.3, -0.25) is 4.79 Å². The summed E-state index contributed by atoms with van der Waals surface area (Å²) in [6.07, 6.45) is 6.46. The van der Waals surface area contributed by atoms with Crippen LogP contribution >= 0.6 is 0 Å². The average molecular weight is 298 g/mol. The summed E-state index contributed by atoms with van der Waals surface area (Å²) in [4.78, 5) is 11.6. The molecule has 0 radical (unpaired) electrons. The first kappa shape index (κ1) is 15.6. The molecule has 0 aliphatic carbocycles. The van der Waals surface area contributed by atoms with Crippen molar-refractivity contribution in [3.05, 3.63) is 59.6 Å². The number of aryl methyl sites for hydroxylation is 2. The number of rotatable bonds is 6. The fourth-order valence-electron chi connectivity index (χ4n) is 1.66. The van der Waals surface area contributed by atoms with Crippen molar-refractivity contribution in [2.24, 2.45) is 5.10 Å². The molecule has 0 unspecified atom stereocenters. The van der Waals surface area contributed by atoms with E-state index >= 15 is 0 Å². The van der Waals surface area contributed by atoms with Crippen molar-refractivity contribution in [3.8, 4) is 5.75 Å². The Morgan fingerprint density at radius 2 is 2.18 bits per heavy atom. The van der Waals surface area contributed by atoms with Crippen molar-refractivity contribution in [3.63, 3.8) is 0 Å². The van der Waals surface area contributed by atoms with E-state index in [1.54, 1.807) is 24.5 Å². The van der Waals surface area contributed by atoms with Gasteiger partial charge in [0.15, 0.2) is 6.61 Å². The van der Waals surface area contributed by atoms with E-state index in [4.69, 9.17) is 9.15 Å². The molecular weight excluding hydrogens is 280 g/mol. The van der Waals surface area contributed by atoms with Crippen LogP contribution in [0.2, 0.25) is 0 Å². The lowest BCUT2D eigenvalue weighted by Crippen LogP contribution is -2.24. The number of hydrogen-bond donors (Lipinski definition) is 1. The summed E-state index contributed by atoms with van der Waals surface area (Å²) in [5, 5.41) is 3.78. The van der Waals surface area contributed by atoms with Crippen molar-refractivity contribution in [1.82, 2.24) is 5.43 Å². The third kappa shape index (κ3) is 4.94. The van der Waals surface area contributed by atoms with Gasteiger partial charge >= 0.3 is 0 Å². The second-order valence-electron chi connectivity index (χ2n) is 4.72. The van der Waals surface area contributed by atoms with Gasteiger partial charge in [-0.15, -0.1) is 0 Å². The van der Waals surface area contributed by atoms with Crippen LogP contribution < -0.4 is 10.2 Å². The molecule has 5 heteroatoms. The second-order valence-corrected chi connectivity index (χ2v) is 4.72. The molecule has 1 aromatic heterocycles. The molecule has 0 saturated carbocycles. The zero-order valence-corrected chi connectivity index (χ0v) is 12.6. The third-order valence-corrected chi connectivity index (χ3v) is 3.00. The van der Waals surface area contributed by atoms with Gasteiger partial charge in [-0.2, -0.15) is 5.10 Å². The van der Waals surface area contributed by atoms with Crippen LogP contribution in [0.4, 0.5) is 0 Å². The van der Waals surface area contributed by atoms with Crippen molar-refractivity contribution in [2.45, 2.75) is 13.8 Å². The first-order valence-electron chi connectivity index (χ1n) is 6.87. The summed E-state index contributed by atoms with van der Waals surface area (Å²) in [5.74, 6) is 1.07. The molecule has 2 rings (SSSR count). The van der Waals surface area contributed by atoms with Crippen molar-refractivity contribution >= 4 is 18.2 Å². The highest BCUT2D eigenvalue weighted by atomic mass is 16.5. The highest BCUT2D eigenvalue weighted by Crippen LogP contribution is 2.16. The zero-order valence-electron chi connectivity index (χ0n) is 12.6. The molecule has 1 heterocycles. The number of furan rings is 1. The van der Waals surface area contributed by atoms with E-state index in [1.807, 2.05) is 38.1 Å². The quantitative estimate of drug-likeness (QED) is 0.658. The molecule has 114 valence electrons. The topological polar surface area (TPSA) is 63.8 Å². The lowest BCUT2D eigenvalue weighted by atomic mass is 10.1. The molecular formula is C17H18N2O3. The highest BCUT2D eigenvalue weighted by Gasteiger charge is 2.02. The van der Waals surface area contributed by atoms with Crippen LogP contribution in [0.25, 0.3) is 6.08 Å². The van der Waals surface area contributed by atoms with Crippen molar-refractivity contribution < 1.29 is 13.9 Å². The highest BCUT2D eigenvalue weighted by molar-refractivity contribution is 5.81. The summed E-state index contributed by atoms with van der Waals surface area (Å²) in [6, 6.07) is 9.31. The van der Waals surface area contributed by atoms with Crippen LogP contribution in [0.5, 0.6) is 5.75 Å². The number of carbonyl (C=O) groups is 1. The third-order valence-electron chi connectivity index (χ3n) is 3.00. The number of hydrazone groups is 1. The monoisotopic (exact) mass is 298 g/mol. The Morgan fingerprint density at radius 3 is 2.91 bits per heavy atom. The summed E-state index contributed by atoms with van der Waals surface area (Å²) >= 11 is 0. The molecule has 0 fully saturated rings. The lowest BCUT2D eigenvalue weighted by Gasteiger charge is -2.07. The van der Waals surface area contributed by atoms with Gasteiger partial charge in [0.2, 0.25) is 0 Å². The number of amides is 1. The predicted molar refractivity (Wildman–Crippen MR) is 85.8 cm³/mol. The van der Waals surface area contributed by atoms with E-state index in [9.17, 15) is 4.79 Å². The van der Waals surface area contributed by atoms with Crippen LogP contribution in [-0.4, -0.2) is 18.7 Å². The maximum absolute atomic E-state index is 11.6. The molecule has 2 aromatic rings. The number of allylic oxidation sites excluding steroid dienone is 1. The molecule has 5 nitrogen and oxygen atoms in total. The molecule has 0 aliphatic heterocycles. The van der Waals surface area contributed by atoms with Gasteiger partial charge in [0.25, 0.3) is 5.91 Å². The van der Waals surface area contributed by atoms with Gasteiger partial charge in [-0.05, 0) is 61.4 Å². The molecule has 0 bridgehead atoms. The maximum atomic E-state index is 11.6. The van der Waals surface area contributed by atoms with Crippen LogP contribution in [0, 0.1) is 13.8 Å². The van der Waals surface area contributed by atoms with Gasteiger partial charge in [-0.1, -0.05) is 6.07 Å². The number of nitrogens with zero attached hydrogens (tertiary/aromatic N) is 1. The lowest BCUT2D eigenvalue weighted by molar-refractivity contribution is -0.123. The number of benzene rings is 1. The Balaban J connectivity index is 1.72. The predicted octanol–water partition coefficient (Wildman–Crippen LogP) is 3.09. The molecule has 0 spiro atoms. The smallest absolute Gasteiger partial charge is 0.277 e. The van der Waals surface area contributed by atoms with Gasteiger partial charge < -0.3 is 9.15 Å². The maximum Gasteiger partial charge on any atom is 0.277 e. The van der Waals surface area contributed by atoms with Gasteiger partial charge in [0.05, 0.1) is 6.26 Å². The van der Waals surface area contributed by atoms with Crippen molar-refractivity contribution in [1.29, 1.82) is 0 Å². The fraction of sp³-hybridized carbons (Fsp3) is 0.176. The van der Waals surface area contributed by atoms with Crippen molar-refractivity contribution in [2.75, 3.05) is 6.61 Å². The van der Waals surface area contributed by atoms with E-state index in [1.165, 1.54) is 11.8 Å². The van der Waals surface area contributed by atoms with Crippen LogP contribution in [0.3, 0.4) is 0 Å². The Bertz CT molecular complexity index is 673. The molecule has 0 saturated heterocycles. The van der Waals surface area contributed by atoms with E-state index in [2.05, 4.69) is 10.5 Å². The Morgan fingerprint density at radius 1 is 1.32 bits per heavy atom. The molecule has 1 amide bonds. The summed E-state index contributed by atoms with van der Waals surface area (Å²) in [6.45, 7) is 3.94. The normalized spacial score (nSPS) is 11.2. The first-order chi connectivity index (χ1) is 10.6. The van der Waals surface area contributed by atoms with Crippen LogP contribution in [0.15, 0.2) is 52.2 Å². The summed E-state index contributed by atoms with van der Waals surface area (Å²) in [7, 11) is 0. The van der Waals surface area contributed by atoms with Gasteiger partial charge in [0, 0.05) is 6.21 Å². The van der Waals surface area contributed by atoms with E-state index in [-0.39, 0.29) is 12.5 Å².